The summed E-state index contributed by atoms with van der Waals surface area (Å²) in [6.45, 7) is 6.99. The molecule has 1 aliphatic heterocycles. The molecule has 0 saturated carbocycles. The van der Waals surface area contributed by atoms with Crippen molar-refractivity contribution in [2.75, 3.05) is 13.2 Å². The number of hydrogen-bond donors (Lipinski definition) is 1. The van der Waals surface area contributed by atoms with Crippen molar-refractivity contribution in [1.82, 2.24) is 14.9 Å². The van der Waals surface area contributed by atoms with E-state index in [0.29, 0.717) is 5.92 Å². The molecule has 0 radical (unpaired) electrons. The molecule has 2 unspecified atom stereocenters. The van der Waals surface area contributed by atoms with Gasteiger partial charge in [0.2, 0.25) is 0 Å². The first-order valence-electron chi connectivity index (χ1n) is 7.81. The van der Waals surface area contributed by atoms with E-state index in [9.17, 15) is 0 Å². The Hall–Kier alpha value is -1.81. The molecule has 112 valence electrons. The number of rotatable bonds is 6. The molecule has 0 aliphatic carbocycles. The molecule has 21 heavy (non-hydrogen) atoms. The molecule has 0 spiro atoms. The van der Waals surface area contributed by atoms with Gasteiger partial charge in [-0.2, -0.15) is 0 Å². The van der Waals surface area contributed by atoms with Gasteiger partial charge in [-0.3, -0.25) is 0 Å². The normalized spacial score (nSPS) is 18.3. The Morgan fingerprint density at radius 3 is 3.05 bits per heavy atom. The van der Waals surface area contributed by atoms with E-state index in [0.717, 1.165) is 37.7 Å². The standard InChI is InChI=1S/C17H23N3O/c1-3-9-18-16(17-19-10-11-20(17)4-2)14-12-21-15-8-6-5-7-13(14)15/h5-8,10-11,14,16,18H,3-4,9,12H2,1-2H3. The number of fused-ring (bicyclic) bond motifs is 1. The van der Waals surface area contributed by atoms with E-state index in [-0.39, 0.29) is 6.04 Å². The van der Waals surface area contributed by atoms with E-state index in [4.69, 9.17) is 4.74 Å². The maximum Gasteiger partial charge on any atom is 0.126 e. The van der Waals surface area contributed by atoms with Gasteiger partial charge in [0.05, 0.1) is 12.6 Å². The zero-order chi connectivity index (χ0) is 14.7. The quantitative estimate of drug-likeness (QED) is 0.886. The number of nitrogens with one attached hydrogen (secondary N) is 1. The summed E-state index contributed by atoms with van der Waals surface area (Å²) in [6, 6.07) is 8.54. The molecule has 0 fully saturated rings. The number of para-hydroxylation sites is 1. The Balaban J connectivity index is 1.94. The lowest BCUT2D eigenvalue weighted by Crippen LogP contribution is -2.31. The van der Waals surface area contributed by atoms with E-state index in [1.807, 2.05) is 12.3 Å². The second-order valence-electron chi connectivity index (χ2n) is 5.46. The number of ether oxygens (including phenoxy) is 1. The molecule has 0 saturated heterocycles. The van der Waals surface area contributed by atoms with Crippen LogP contribution < -0.4 is 10.1 Å². The van der Waals surface area contributed by atoms with Crippen molar-refractivity contribution in [3.8, 4) is 5.75 Å². The highest BCUT2D eigenvalue weighted by atomic mass is 16.5. The monoisotopic (exact) mass is 285 g/mol. The molecule has 1 aliphatic rings. The number of hydrogen-bond acceptors (Lipinski definition) is 3. The third-order valence-electron chi connectivity index (χ3n) is 4.12. The third-order valence-corrected chi connectivity index (χ3v) is 4.12. The molecule has 2 aromatic rings. The van der Waals surface area contributed by atoms with Gasteiger partial charge in [0.15, 0.2) is 0 Å². The highest BCUT2D eigenvalue weighted by Gasteiger charge is 2.34. The molecular formula is C17H23N3O. The van der Waals surface area contributed by atoms with Crippen LogP contribution in [0.4, 0.5) is 0 Å². The number of aromatic nitrogens is 2. The topological polar surface area (TPSA) is 39.1 Å². The van der Waals surface area contributed by atoms with Crippen molar-refractivity contribution >= 4 is 0 Å². The van der Waals surface area contributed by atoms with Crippen LogP contribution in [0.15, 0.2) is 36.7 Å². The van der Waals surface area contributed by atoms with Crippen LogP contribution in [0, 0.1) is 0 Å². The summed E-state index contributed by atoms with van der Waals surface area (Å²) in [6.07, 6.45) is 5.05. The molecule has 0 bridgehead atoms. The van der Waals surface area contributed by atoms with E-state index >= 15 is 0 Å². The Labute approximate surface area is 126 Å². The number of nitrogens with zero attached hydrogens (tertiary/aromatic N) is 2. The molecule has 2 heterocycles. The van der Waals surface area contributed by atoms with Gasteiger partial charge in [-0.15, -0.1) is 0 Å². The van der Waals surface area contributed by atoms with Crippen LogP contribution in [-0.2, 0) is 6.54 Å². The first kappa shape index (κ1) is 14.1. The maximum atomic E-state index is 5.87. The highest BCUT2D eigenvalue weighted by Crippen LogP contribution is 2.40. The van der Waals surface area contributed by atoms with Gasteiger partial charge in [0.25, 0.3) is 0 Å². The average Bonchev–Trinajstić information content (AvgIpc) is 3.15. The molecule has 1 aromatic carbocycles. The second kappa shape index (κ2) is 6.31. The average molecular weight is 285 g/mol. The van der Waals surface area contributed by atoms with Crippen LogP contribution in [0.1, 0.15) is 43.6 Å². The van der Waals surface area contributed by atoms with Gasteiger partial charge in [0, 0.05) is 30.4 Å². The van der Waals surface area contributed by atoms with Gasteiger partial charge in [-0.05, 0) is 26.0 Å². The van der Waals surface area contributed by atoms with Crippen LogP contribution in [0.25, 0.3) is 0 Å². The molecule has 3 rings (SSSR count). The predicted molar refractivity (Wildman–Crippen MR) is 83.6 cm³/mol. The number of aryl methyl sites for hydroxylation is 1. The summed E-state index contributed by atoms with van der Waals surface area (Å²) in [5, 5.41) is 3.67. The van der Waals surface area contributed by atoms with E-state index < -0.39 is 0 Å². The van der Waals surface area contributed by atoms with E-state index in [1.165, 1.54) is 5.56 Å². The zero-order valence-electron chi connectivity index (χ0n) is 12.7. The van der Waals surface area contributed by atoms with Gasteiger partial charge < -0.3 is 14.6 Å². The molecule has 4 heteroatoms. The second-order valence-corrected chi connectivity index (χ2v) is 5.46. The lowest BCUT2D eigenvalue weighted by molar-refractivity contribution is 0.292. The summed E-state index contributed by atoms with van der Waals surface area (Å²) >= 11 is 0. The zero-order valence-corrected chi connectivity index (χ0v) is 12.7. The van der Waals surface area contributed by atoms with Gasteiger partial charge in [-0.25, -0.2) is 4.98 Å². The Morgan fingerprint density at radius 2 is 2.24 bits per heavy atom. The van der Waals surface area contributed by atoms with E-state index in [2.05, 4.69) is 53.1 Å². The van der Waals surface area contributed by atoms with Crippen molar-refractivity contribution < 1.29 is 4.74 Å². The fourth-order valence-electron chi connectivity index (χ4n) is 3.04. The maximum absolute atomic E-state index is 5.87. The fourth-order valence-corrected chi connectivity index (χ4v) is 3.04. The Bertz CT molecular complexity index is 593. The predicted octanol–water partition coefficient (Wildman–Crippen LogP) is 3.12. The molecule has 1 N–H and O–H groups in total. The fraction of sp³-hybridized carbons (Fsp3) is 0.471. The summed E-state index contributed by atoms with van der Waals surface area (Å²) in [4.78, 5) is 4.60. The van der Waals surface area contributed by atoms with Crippen molar-refractivity contribution in [2.45, 2.75) is 38.8 Å². The van der Waals surface area contributed by atoms with Gasteiger partial charge in [0.1, 0.15) is 11.6 Å². The molecule has 1 aromatic heterocycles. The largest absolute Gasteiger partial charge is 0.493 e. The highest BCUT2D eigenvalue weighted by molar-refractivity contribution is 5.41. The third kappa shape index (κ3) is 2.68. The van der Waals surface area contributed by atoms with E-state index in [1.54, 1.807) is 0 Å². The van der Waals surface area contributed by atoms with Crippen LogP contribution in [-0.4, -0.2) is 22.7 Å². The molecule has 2 atom stereocenters. The van der Waals surface area contributed by atoms with Crippen molar-refractivity contribution in [2.24, 2.45) is 0 Å². The Kier molecular flexibility index (Phi) is 4.25. The smallest absolute Gasteiger partial charge is 0.126 e. The lowest BCUT2D eigenvalue weighted by Gasteiger charge is -2.24. The van der Waals surface area contributed by atoms with Crippen LogP contribution in [0.2, 0.25) is 0 Å². The Morgan fingerprint density at radius 1 is 1.38 bits per heavy atom. The SMILES string of the molecule is CCCNC(c1nccn1CC)C1COc2ccccc21. The van der Waals surface area contributed by atoms with Crippen LogP contribution >= 0.6 is 0 Å². The number of benzene rings is 1. The first-order valence-corrected chi connectivity index (χ1v) is 7.81. The minimum absolute atomic E-state index is 0.198. The molecule has 0 amide bonds. The van der Waals surface area contributed by atoms with Gasteiger partial charge in [-0.1, -0.05) is 25.1 Å². The van der Waals surface area contributed by atoms with Crippen LogP contribution in [0.3, 0.4) is 0 Å². The minimum Gasteiger partial charge on any atom is -0.493 e. The minimum atomic E-state index is 0.198. The molecular weight excluding hydrogens is 262 g/mol. The first-order chi connectivity index (χ1) is 10.3. The molecule has 4 nitrogen and oxygen atoms in total. The summed E-state index contributed by atoms with van der Waals surface area (Å²) in [5.41, 5.74) is 1.29. The summed E-state index contributed by atoms with van der Waals surface area (Å²) in [7, 11) is 0. The van der Waals surface area contributed by atoms with Gasteiger partial charge >= 0.3 is 0 Å². The summed E-state index contributed by atoms with van der Waals surface area (Å²) < 4.78 is 8.08. The van der Waals surface area contributed by atoms with Crippen molar-refractivity contribution in [1.29, 1.82) is 0 Å². The van der Waals surface area contributed by atoms with Crippen LogP contribution in [0.5, 0.6) is 5.75 Å². The number of imidazole rings is 1. The summed E-state index contributed by atoms with van der Waals surface area (Å²) in [5.74, 6) is 2.44. The van der Waals surface area contributed by atoms with Crippen molar-refractivity contribution in [3.63, 3.8) is 0 Å². The van der Waals surface area contributed by atoms with Crippen molar-refractivity contribution in [3.05, 3.63) is 48.0 Å². The lowest BCUT2D eigenvalue weighted by atomic mass is 9.92.